The fourth-order valence-corrected chi connectivity index (χ4v) is 3.46. The van der Waals surface area contributed by atoms with Gasteiger partial charge in [-0.15, -0.1) is 0 Å². The van der Waals surface area contributed by atoms with Crippen molar-refractivity contribution in [2.45, 2.75) is 39.7 Å². The van der Waals surface area contributed by atoms with E-state index in [1.807, 2.05) is 24.0 Å². The van der Waals surface area contributed by atoms with Gasteiger partial charge in [-0.25, -0.2) is 0 Å². The fourth-order valence-electron chi connectivity index (χ4n) is 2.98. The van der Waals surface area contributed by atoms with Crippen LogP contribution >= 0.6 is 23.2 Å². The molecule has 0 aliphatic carbocycles. The van der Waals surface area contributed by atoms with E-state index in [-0.39, 0.29) is 23.3 Å². The van der Waals surface area contributed by atoms with Crippen LogP contribution in [0.3, 0.4) is 0 Å². The number of halogens is 2. The van der Waals surface area contributed by atoms with Crippen LogP contribution in [0.25, 0.3) is 0 Å². The summed E-state index contributed by atoms with van der Waals surface area (Å²) in [6, 6.07) is 5.57. The summed E-state index contributed by atoms with van der Waals surface area (Å²) >= 11 is 12.1. The first-order valence-corrected chi connectivity index (χ1v) is 8.44. The number of likely N-dealkylation sites (tertiary alicyclic amines) is 1. The predicted molar refractivity (Wildman–Crippen MR) is 92.3 cm³/mol. The topological polar surface area (TPSA) is 46.3 Å². The zero-order valence-electron chi connectivity index (χ0n) is 13.4. The summed E-state index contributed by atoms with van der Waals surface area (Å²) in [5.41, 5.74) is 7.06. The molecule has 1 aliphatic heterocycles. The van der Waals surface area contributed by atoms with Crippen LogP contribution in [0.5, 0.6) is 0 Å². The van der Waals surface area contributed by atoms with Gasteiger partial charge in [-0.3, -0.25) is 4.79 Å². The molecule has 2 N–H and O–H groups in total. The number of carbonyl (C=O) groups excluding carboxylic acids is 1. The number of nitrogens with two attached hydrogens (primary N) is 1. The summed E-state index contributed by atoms with van der Waals surface area (Å²) in [4.78, 5) is 14.6. The van der Waals surface area contributed by atoms with Crippen LogP contribution in [0.1, 0.15) is 32.8 Å². The third-order valence-electron chi connectivity index (χ3n) is 4.59. The summed E-state index contributed by atoms with van der Waals surface area (Å²) < 4.78 is 0. The molecule has 0 aromatic heterocycles. The molecule has 5 heteroatoms. The van der Waals surface area contributed by atoms with E-state index in [0.717, 1.165) is 18.5 Å². The second kappa shape index (κ2) is 6.77. The van der Waals surface area contributed by atoms with Crippen molar-refractivity contribution in [3.05, 3.63) is 33.8 Å². The molecule has 1 aliphatic rings. The summed E-state index contributed by atoms with van der Waals surface area (Å²) in [6.45, 7) is 7.65. The second-order valence-corrected chi connectivity index (χ2v) is 7.83. The van der Waals surface area contributed by atoms with Crippen LogP contribution in [-0.2, 0) is 11.2 Å². The predicted octanol–water partition coefficient (Wildman–Crippen LogP) is 3.76. The third-order valence-corrected chi connectivity index (χ3v) is 5.17. The van der Waals surface area contributed by atoms with Gasteiger partial charge in [0.1, 0.15) is 0 Å². The number of piperidine rings is 1. The van der Waals surface area contributed by atoms with Crippen molar-refractivity contribution < 1.29 is 4.79 Å². The average Bonchev–Trinajstić information content (AvgIpc) is 2.44. The van der Waals surface area contributed by atoms with Crippen LogP contribution < -0.4 is 5.73 Å². The molecule has 1 heterocycles. The van der Waals surface area contributed by atoms with Gasteiger partial charge < -0.3 is 10.6 Å². The van der Waals surface area contributed by atoms with Gasteiger partial charge in [0.2, 0.25) is 5.91 Å². The molecule has 22 heavy (non-hydrogen) atoms. The zero-order chi connectivity index (χ0) is 16.5. The van der Waals surface area contributed by atoms with E-state index in [1.165, 1.54) is 0 Å². The smallest absolute Gasteiger partial charge is 0.225 e. The molecular weight excluding hydrogens is 319 g/mol. The third kappa shape index (κ3) is 3.95. The Labute approximate surface area is 142 Å². The number of rotatable bonds is 3. The molecule has 0 bridgehead atoms. The lowest BCUT2D eigenvalue weighted by atomic mass is 9.79. The second-order valence-electron chi connectivity index (χ2n) is 6.98. The highest BCUT2D eigenvalue weighted by Crippen LogP contribution is 2.29. The first-order chi connectivity index (χ1) is 10.2. The van der Waals surface area contributed by atoms with Gasteiger partial charge >= 0.3 is 0 Å². The van der Waals surface area contributed by atoms with Crippen LogP contribution in [0.15, 0.2) is 18.2 Å². The van der Waals surface area contributed by atoms with E-state index in [2.05, 4.69) is 13.8 Å². The van der Waals surface area contributed by atoms with Crippen LogP contribution in [0, 0.1) is 11.3 Å². The number of hydrogen-bond donors (Lipinski definition) is 1. The first kappa shape index (κ1) is 17.6. The molecule has 0 saturated carbocycles. The summed E-state index contributed by atoms with van der Waals surface area (Å²) in [7, 11) is 0. The number of amides is 1. The van der Waals surface area contributed by atoms with Gasteiger partial charge in [0.05, 0.1) is 0 Å². The van der Waals surface area contributed by atoms with Gasteiger partial charge in [0.15, 0.2) is 0 Å². The number of benzene rings is 1. The maximum atomic E-state index is 12.7. The van der Waals surface area contributed by atoms with Gasteiger partial charge in [0, 0.05) is 35.1 Å². The quantitative estimate of drug-likeness (QED) is 0.908. The Morgan fingerprint density at radius 1 is 1.45 bits per heavy atom. The van der Waals surface area contributed by atoms with E-state index < -0.39 is 0 Å². The Hall–Kier alpha value is -0.770. The van der Waals surface area contributed by atoms with Crippen molar-refractivity contribution in [2.75, 3.05) is 13.1 Å². The van der Waals surface area contributed by atoms with Crippen molar-refractivity contribution in [2.24, 2.45) is 17.1 Å². The van der Waals surface area contributed by atoms with Gasteiger partial charge in [-0.1, -0.05) is 50.0 Å². The molecule has 1 aromatic rings. The normalized spacial score (nSPS) is 22.5. The van der Waals surface area contributed by atoms with Crippen molar-refractivity contribution in [3.8, 4) is 0 Å². The fraction of sp³-hybridized carbons (Fsp3) is 0.588. The van der Waals surface area contributed by atoms with Crippen molar-refractivity contribution in [1.29, 1.82) is 0 Å². The minimum atomic E-state index is -0.108. The van der Waals surface area contributed by atoms with Crippen LogP contribution in [0.2, 0.25) is 10.0 Å². The molecule has 2 atom stereocenters. The summed E-state index contributed by atoms with van der Waals surface area (Å²) in [5, 5.41) is 1.23. The van der Waals surface area contributed by atoms with Crippen LogP contribution in [-0.4, -0.2) is 29.9 Å². The van der Waals surface area contributed by atoms with E-state index in [1.54, 1.807) is 6.07 Å². The summed E-state index contributed by atoms with van der Waals surface area (Å²) in [5.74, 6) is 0.0646. The maximum absolute atomic E-state index is 12.7. The Morgan fingerprint density at radius 3 is 2.73 bits per heavy atom. The molecule has 1 fully saturated rings. The van der Waals surface area contributed by atoms with Crippen LogP contribution in [0.4, 0.5) is 0 Å². The first-order valence-electron chi connectivity index (χ1n) is 7.69. The monoisotopic (exact) mass is 342 g/mol. The lowest BCUT2D eigenvalue weighted by molar-refractivity contribution is -0.138. The molecule has 122 valence electrons. The van der Waals surface area contributed by atoms with Gasteiger partial charge in [0.25, 0.3) is 0 Å². The summed E-state index contributed by atoms with van der Waals surface area (Å²) in [6.07, 6.45) is 1.48. The highest BCUT2D eigenvalue weighted by molar-refractivity contribution is 6.35. The largest absolute Gasteiger partial charge is 0.342 e. The highest BCUT2D eigenvalue weighted by Gasteiger charge is 2.36. The SMILES string of the molecule is CC(Cc1ccc(Cl)cc1Cl)C(=O)N1CCC(N)C(C)(C)C1. The lowest BCUT2D eigenvalue weighted by Gasteiger charge is -2.43. The minimum Gasteiger partial charge on any atom is -0.342 e. The molecule has 0 radical (unpaired) electrons. The van der Waals surface area contributed by atoms with E-state index in [4.69, 9.17) is 28.9 Å². The maximum Gasteiger partial charge on any atom is 0.225 e. The van der Waals surface area contributed by atoms with Gasteiger partial charge in [-0.05, 0) is 36.0 Å². The van der Waals surface area contributed by atoms with E-state index in [0.29, 0.717) is 23.0 Å². The number of nitrogens with zero attached hydrogens (tertiary/aromatic N) is 1. The number of hydrogen-bond acceptors (Lipinski definition) is 2. The zero-order valence-corrected chi connectivity index (χ0v) is 14.9. The molecule has 2 rings (SSSR count). The Kier molecular flexibility index (Phi) is 5.41. The molecule has 1 saturated heterocycles. The Balaban J connectivity index is 2.03. The molecule has 0 spiro atoms. The van der Waals surface area contributed by atoms with E-state index >= 15 is 0 Å². The molecule has 3 nitrogen and oxygen atoms in total. The number of carbonyl (C=O) groups is 1. The van der Waals surface area contributed by atoms with Crippen molar-refractivity contribution in [3.63, 3.8) is 0 Å². The van der Waals surface area contributed by atoms with E-state index in [9.17, 15) is 4.79 Å². The highest BCUT2D eigenvalue weighted by atomic mass is 35.5. The minimum absolute atomic E-state index is 0.0362. The Morgan fingerprint density at radius 2 is 2.14 bits per heavy atom. The molecular formula is C17H24Cl2N2O. The Bertz CT molecular complexity index is 560. The van der Waals surface area contributed by atoms with Gasteiger partial charge in [-0.2, -0.15) is 0 Å². The lowest BCUT2D eigenvalue weighted by Crippen LogP contribution is -2.55. The molecule has 1 aromatic carbocycles. The standard InChI is InChI=1S/C17H24Cl2N2O/c1-11(8-12-4-5-13(18)9-14(12)19)16(22)21-7-6-15(20)17(2,3)10-21/h4-5,9,11,15H,6-8,10,20H2,1-3H3. The molecule has 1 amide bonds. The van der Waals surface area contributed by atoms with Crippen molar-refractivity contribution >= 4 is 29.1 Å². The van der Waals surface area contributed by atoms with Crippen molar-refractivity contribution in [1.82, 2.24) is 4.90 Å². The average molecular weight is 343 g/mol. The molecule has 2 unspecified atom stereocenters.